The van der Waals surface area contributed by atoms with Crippen LogP contribution in [0.3, 0.4) is 0 Å². The van der Waals surface area contributed by atoms with Crippen LogP contribution in [-0.4, -0.2) is 37.1 Å². The predicted octanol–water partition coefficient (Wildman–Crippen LogP) is 1.27. The lowest BCUT2D eigenvalue weighted by atomic mass is 10.1. The van der Waals surface area contributed by atoms with Gasteiger partial charge in [0.2, 0.25) is 0 Å². The third kappa shape index (κ3) is 4.34. The Balaban J connectivity index is 2.80. The predicted molar refractivity (Wildman–Crippen MR) is 76.7 cm³/mol. The van der Waals surface area contributed by atoms with Crippen LogP contribution in [0.15, 0.2) is 24.3 Å². The van der Waals surface area contributed by atoms with Crippen LogP contribution in [0, 0.1) is 11.3 Å². The van der Waals surface area contributed by atoms with Gasteiger partial charge in [-0.1, -0.05) is 19.1 Å². The third-order valence-corrected chi connectivity index (χ3v) is 3.04. The van der Waals surface area contributed by atoms with E-state index < -0.39 is 6.10 Å². The maximum absolute atomic E-state index is 12.3. The lowest BCUT2D eigenvalue weighted by Gasteiger charge is -2.26. The van der Waals surface area contributed by atoms with Crippen LogP contribution in [0.25, 0.3) is 0 Å². The minimum Gasteiger partial charge on any atom is -0.370 e. The monoisotopic (exact) mass is 275 g/mol. The van der Waals surface area contributed by atoms with Crippen LogP contribution < -0.4 is 5.73 Å². The van der Waals surface area contributed by atoms with Crippen LogP contribution in [0.2, 0.25) is 0 Å². The molecule has 0 aliphatic carbocycles. The highest BCUT2D eigenvalue weighted by atomic mass is 16.5. The fourth-order valence-corrected chi connectivity index (χ4v) is 1.94. The number of amides is 1. The maximum Gasteiger partial charge on any atom is 0.253 e. The smallest absolute Gasteiger partial charge is 0.253 e. The van der Waals surface area contributed by atoms with Crippen LogP contribution in [0.5, 0.6) is 0 Å². The van der Waals surface area contributed by atoms with Crippen molar-refractivity contribution in [3.05, 3.63) is 35.4 Å². The SMILES string of the molecule is CCCN(Cc1ccc(C#N)cc1)C(=O)C(CN)OC. The summed E-state index contributed by atoms with van der Waals surface area (Å²) >= 11 is 0. The molecule has 0 saturated carbocycles. The standard InChI is InChI=1S/C15H21N3O2/c1-3-8-18(15(19)14(10-17)20-2)11-13-6-4-12(9-16)5-7-13/h4-7,14H,3,8,10-11,17H2,1-2H3. The lowest BCUT2D eigenvalue weighted by Crippen LogP contribution is -2.43. The van der Waals surface area contributed by atoms with Gasteiger partial charge in [0.25, 0.3) is 5.91 Å². The fourth-order valence-electron chi connectivity index (χ4n) is 1.94. The molecule has 0 radical (unpaired) electrons. The van der Waals surface area contributed by atoms with Crippen LogP contribution in [0.1, 0.15) is 24.5 Å². The molecule has 1 unspecified atom stereocenters. The first-order chi connectivity index (χ1) is 9.65. The minimum absolute atomic E-state index is 0.0961. The second-order valence-electron chi connectivity index (χ2n) is 4.53. The Hall–Kier alpha value is -1.90. The van der Waals surface area contributed by atoms with Crippen LogP contribution in [0.4, 0.5) is 0 Å². The summed E-state index contributed by atoms with van der Waals surface area (Å²) in [5.74, 6) is -0.0961. The molecule has 108 valence electrons. The number of nitriles is 1. The molecular formula is C15H21N3O2. The average Bonchev–Trinajstić information content (AvgIpc) is 2.48. The Morgan fingerprint density at radius 1 is 1.45 bits per heavy atom. The number of carbonyl (C=O) groups is 1. The third-order valence-electron chi connectivity index (χ3n) is 3.04. The van der Waals surface area contributed by atoms with E-state index in [0.29, 0.717) is 18.7 Å². The summed E-state index contributed by atoms with van der Waals surface area (Å²) in [5, 5.41) is 8.77. The molecule has 0 bridgehead atoms. The van der Waals surface area contributed by atoms with Gasteiger partial charge in [-0.25, -0.2) is 0 Å². The molecule has 0 heterocycles. The van der Waals surface area contributed by atoms with Gasteiger partial charge in [-0.15, -0.1) is 0 Å². The van der Waals surface area contributed by atoms with E-state index in [9.17, 15) is 4.79 Å². The molecule has 5 nitrogen and oxygen atoms in total. The van der Waals surface area contributed by atoms with E-state index in [4.69, 9.17) is 15.7 Å². The molecule has 2 N–H and O–H groups in total. The second kappa shape index (κ2) is 8.31. The largest absolute Gasteiger partial charge is 0.370 e. The van der Waals surface area contributed by atoms with Crippen LogP contribution >= 0.6 is 0 Å². The van der Waals surface area contributed by atoms with Gasteiger partial charge in [0.1, 0.15) is 6.10 Å². The van der Waals surface area contributed by atoms with Gasteiger partial charge in [-0.2, -0.15) is 5.26 Å². The molecule has 0 fully saturated rings. The summed E-state index contributed by atoms with van der Waals surface area (Å²) in [6.07, 6.45) is 0.267. The number of rotatable bonds is 7. The number of hydrogen-bond acceptors (Lipinski definition) is 4. The number of methoxy groups -OCH3 is 1. The number of nitrogens with two attached hydrogens (primary N) is 1. The fraction of sp³-hybridized carbons (Fsp3) is 0.467. The van der Waals surface area contributed by atoms with Gasteiger partial charge in [0.15, 0.2) is 0 Å². The minimum atomic E-state index is -0.597. The first kappa shape index (κ1) is 16.2. The van der Waals surface area contributed by atoms with E-state index in [1.54, 1.807) is 17.0 Å². The number of carbonyl (C=O) groups excluding carboxylic acids is 1. The zero-order valence-corrected chi connectivity index (χ0v) is 12.0. The van der Waals surface area contributed by atoms with Crippen LogP contribution in [-0.2, 0) is 16.1 Å². The van der Waals surface area contributed by atoms with Gasteiger partial charge in [0.05, 0.1) is 11.6 Å². The summed E-state index contributed by atoms with van der Waals surface area (Å²) in [6, 6.07) is 9.30. The van der Waals surface area contributed by atoms with Gasteiger partial charge >= 0.3 is 0 Å². The molecule has 0 aliphatic heterocycles. The van der Waals surface area contributed by atoms with E-state index in [-0.39, 0.29) is 12.5 Å². The highest BCUT2D eigenvalue weighted by Crippen LogP contribution is 2.09. The molecule has 1 atom stereocenters. The molecule has 0 spiro atoms. The molecule has 1 rings (SSSR count). The molecule has 0 aromatic heterocycles. The lowest BCUT2D eigenvalue weighted by molar-refractivity contribution is -0.142. The quantitative estimate of drug-likeness (QED) is 0.812. The van der Waals surface area contributed by atoms with E-state index in [0.717, 1.165) is 12.0 Å². The maximum atomic E-state index is 12.3. The highest BCUT2D eigenvalue weighted by Gasteiger charge is 2.22. The Labute approximate surface area is 119 Å². The Kier molecular flexibility index (Phi) is 6.71. The summed E-state index contributed by atoms with van der Waals surface area (Å²) < 4.78 is 5.10. The van der Waals surface area contributed by atoms with Crippen molar-refractivity contribution >= 4 is 5.91 Å². The van der Waals surface area contributed by atoms with Crippen molar-refractivity contribution in [2.45, 2.75) is 26.0 Å². The Morgan fingerprint density at radius 3 is 2.55 bits per heavy atom. The van der Waals surface area contributed by atoms with Crippen molar-refractivity contribution in [3.8, 4) is 6.07 Å². The second-order valence-corrected chi connectivity index (χ2v) is 4.53. The molecule has 1 amide bonds. The molecule has 20 heavy (non-hydrogen) atoms. The summed E-state index contributed by atoms with van der Waals surface area (Å²) in [6.45, 7) is 3.34. The molecule has 0 saturated heterocycles. The van der Waals surface area contributed by atoms with Crippen molar-refractivity contribution in [3.63, 3.8) is 0 Å². The highest BCUT2D eigenvalue weighted by molar-refractivity contribution is 5.81. The molecule has 1 aromatic carbocycles. The van der Waals surface area contributed by atoms with E-state index in [1.807, 2.05) is 19.1 Å². The Morgan fingerprint density at radius 2 is 2.10 bits per heavy atom. The molecular weight excluding hydrogens is 254 g/mol. The van der Waals surface area contributed by atoms with Crippen molar-refractivity contribution < 1.29 is 9.53 Å². The van der Waals surface area contributed by atoms with Gasteiger partial charge in [0, 0.05) is 26.7 Å². The van der Waals surface area contributed by atoms with E-state index in [1.165, 1.54) is 7.11 Å². The number of ether oxygens (including phenoxy) is 1. The van der Waals surface area contributed by atoms with Crippen molar-refractivity contribution in [1.29, 1.82) is 5.26 Å². The van der Waals surface area contributed by atoms with Crippen molar-refractivity contribution in [1.82, 2.24) is 4.90 Å². The van der Waals surface area contributed by atoms with E-state index in [2.05, 4.69) is 6.07 Å². The topological polar surface area (TPSA) is 79.4 Å². The molecule has 0 aliphatic rings. The molecule has 1 aromatic rings. The zero-order chi connectivity index (χ0) is 15.0. The van der Waals surface area contributed by atoms with Gasteiger partial charge in [-0.3, -0.25) is 4.79 Å². The summed E-state index contributed by atoms with van der Waals surface area (Å²) in [4.78, 5) is 14.0. The van der Waals surface area contributed by atoms with E-state index >= 15 is 0 Å². The number of benzene rings is 1. The number of hydrogen-bond donors (Lipinski definition) is 1. The number of nitrogens with zero attached hydrogens (tertiary/aromatic N) is 2. The molecule has 5 heteroatoms. The normalized spacial score (nSPS) is 11.7. The zero-order valence-electron chi connectivity index (χ0n) is 12.0. The first-order valence-corrected chi connectivity index (χ1v) is 6.66. The van der Waals surface area contributed by atoms with Gasteiger partial charge < -0.3 is 15.4 Å². The summed E-state index contributed by atoms with van der Waals surface area (Å²) in [5.41, 5.74) is 7.13. The van der Waals surface area contributed by atoms with Crippen molar-refractivity contribution in [2.24, 2.45) is 5.73 Å². The van der Waals surface area contributed by atoms with Crippen molar-refractivity contribution in [2.75, 3.05) is 20.2 Å². The van der Waals surface area contributed by atoms with Gasteiger partial charge in [-0.05, 0) is 24.1 Å². The average molecular weight is 275 g/mol. The first-order valence-electron chi connectivity index (χ1n) is 6.66. The Bertz CT molecular complexity index is 461. The summed E-state index contributed by atoms with van der Waals surface area (Å²) in [7, 11) is 1.49.